The number of hydrogen-bond donors (Lipinski definition) is 1. The number of alkyl halides is 1. The van der Waals surface area contributed by atoms with E-state index in [2.05, 4.69) is 15.9 Å². The van der Waals surface area contributed by atoms with Crippen LogP contribution in [0.1, 0.15) is 25.5 Å². The number of halogens is 1. The molecule has 1 aromatic carbocycles. The molecule has 0 unspecified atom stereocenters. The molecule has 7 heteroatoms. The third-order valence-corrected chi connectivity index (χ3v) is 6.81. The molecule has 0 fully saturated rings. The van der Waals surface area contributed by atoms with Crippen LogP contribution in [-0.4, -0.2) is 42.4 Å². The first-order valence-electron chi connectivity index (χ1n) is 6.15. The van der Waals surface area contributed by atoms with Crippen molar-refractivity contribution in [1.82, 2.24) is 4.31 Å². The highest BCUT2D eigenvalue weighted by molar-refractivity contribution is 9.09. The van der Waals surface area contributed by atoms with Gasteiger partial charge in [0.2, 0.25) is 10.0 Å². The van der Waals surface area contributed by atoms with E-state index in [1.54, 1.807) is 6.07 Å². The first kappa shape index (κ1) is 15.8. The normalized spacial score (nSPS) is 25.1. The van der Waals surface area contributed by atoms with Gasteiger partial charge in [0, 0.05) is 19.7 Å². The van der Waals surface area contributed by atoms with Crippen LogP contribution in [0.2, 0.25) is 0 Å². The second kappa shape index (κ2) is 4.98. The summed E-state index contributed by atoms with van der Waals surface area (Å²) in [6, 6.07) is 4.56. The number of benzene rings is 1. The molecule has 0 aromatic heterocycles. The van der Waals surface area contributed by atoms with Crippen molar-refractivity contribution in [3.05, 3.63) is 23.8 Å². The first-order valence-corrected chi connectivity index (χ1v) is 8.50. The third kappa shape index (κ3) is 2.47. The number of aliphatic hydroxyl groups is 1. The Morgan fingerprint density at radius 3 is 2.50 bits per heavy atom. The van der Waals surface area contributed by atoms with Crippen molar-refractivity contribution >= 4 is 26.0 Å². The summed E-state index contributed by atoms with van der Waals surface area (Å²) < 4.78 is 31.2. The molecule has 0 aliphatic carbocycles. The van der Waals surface area contributed by atoms with Gasteiger partial charge >= 0.3 is 0 Å². The maximum atomic E-state index is 12.1. The van der Waals surface area contributed by atoms with E-state index >= 15 is 0 Å². The average molecular weight is 364 g/mol. The fraction of sp³-hybridized carbons (Fsp3) is 0.538. The Morgan fingerprint density at radius 2 is 1.95 bits per heavy atom. The van der Waals surface area contributed by atoms with Crippen LogP contribution < -0.4 is 4.74 Å². The third-order valence-electron chi connectivity index (χ3n) is 3.39. The summed E-state index contributed by atoms with van der Waals surface area (Å²) in [6.07, 6.45) is -0.828. The number of ether oxygens (including phenoxy) is 1. The van der Waals surface area contributed by atoms with Gasteiger partial charge in [0.1, 0.15) is 11.4 Å². The minimum Gasteiger partial charge on any atom is -0.486 e. The number of hydrogen-bond acceptors (Lipinski definition) is 4. The highest BCUT2D eigenvalue weighted by Crippen LogP contribution is 2.43. The molecule has 2 rings (SSSR count). The number of aliphatic hydroxyl groups excluding tert-OH is 1. The largest absolute Gasteiger partial charge is 0.486 e. The van der Waals surface area contributed by atoms with E-state index in [1.165, 1.54) is 26.2 Å². The molecule has 2 atom stereocenters. The van der Waals surface area contributed by atoms with Crippen molar-refractivity contribution in [2.24, 2.45) is 0 Å². The van der Waals surface area contributed by atoms with Gasteiger partial charge in [0.05, 0.1) is 15.8 Å². The lowest BCUT2D eigenvalue weighted by Crippen LogP contribution is -2.45. The lowest BCUT2D eigenvalue weighted by atomic mass is 9.91. The van der Waals surface area contributed by atoms with Crippen LogP contribution in [0.3, 0.4) is 0 Å². The van der Waals surface area contributed by atoms with E-state index in [4.69, 9.17) is 4.74 Å². The van der Waals surface area contributed by atoms with Gasteiger partial charge in [-0.25, -0.2) is 12.7 Å². The smallest absolute Gasteiger partial charge is 0.242 e. The second-order valence-electron chi connectivity index (χ2n) is 5.54. The maximum absolute atomic E-state index is 12.1. The molecular formula is C13H18BrNO4S. The van der Waals surface area contributed by atoms with Gasteiger partial charge in [0.25, 0.3) is 0 Å². The van der Waals surface area contributed by atoms with Gasteiger partial charge < -0.3 is 9.84 Å². The fourth-order valence-corrected chi connectivity index (χ4v) is 3.42. The van der Waals surface area contributed by atoms with Crippen molar-refractivity contribution in [3.63, 3.8) is 0 Å². The summed E-state index contributed by atoms with van der Waals surface area (Å²) in [5.41, 5.74) is -0.0944. The molecule has 112 valence electrons. The van der Waals surface area contributed by atoms with Crippen molar-refractivity contribution in [3.8, 4) is 5.75 Å². The summed E-state index contributed by atoms with van der Waals surface area (Å²) in [4.78, 5) is -0.178. The number of sulfonamides is 1. The van der Waals surface area contributed by atoms with Crippen LogP contribution in [0, 0.1) is 0 Å². The van der Waals surface area contributed by atoms with Gasteiger partial charge in [-0.3, -0.25) is 0 Å². The molecular weight excluding hydrogens is 346 g/mol. The van der Waals surface area contributed by atoms with Gasteiger partial charge in [-0.2, -0.15) is 0 Å². The number of rotatable bonds is 2. The van der Waals surface area contributed by atoms with E-state index in [0.29, 0.717) is 11.3 Å². The Bertz CT molecular complexity index is 627. The van der Waals surface area contributed by atoms with Crippen LogP contribution in [0.4, 0.5) is 0 Å². The van der Waals surface area contributed by atoms with Gasteiger partial charge in [-0.1, -0.05) is 15.9 Å². The molecule has 0 saturated heterocycles. The molecule has 1 aromatic rings. The summed E-state index contributed by atoms with van der Waals surface area (Å²) >= 11 is 3.41. The molecule has 0 radical (unpaired) electrons. The Kier molecular flexibility index (Phi) is 3.92. The highest BCUT2D eigenvalue weighted by Gasteiger charge is 2.42. The molecule has 5 nitrogen and oxygen atoms in total. The zero-order valence-corrected chi connectivity index (χ0v) is 14.2. The van der Waals surface area contributed by atoms with Crippen LogP contribution in [0.25, 0.3) is 0 Å². The zero-order valence-electron chi connectivity index (χ0n) is 11.8. The molecule has 20 heavy (non-hydrogen) atoms. The lowest BCUT2D eigenvalue weighted by Gasteiger charge is -2.40. The predicted octanol–water partition coefficient (Wildman–Crippen LogP) is 1.90. The Morgan fingerprint density at radius 1 is 1.35 bits per heavy atom. The first-order chi connectivity index (χ1) is 9.07. The van der Waals surface area contributed by atoms with Gasteiger partial charge in [-0.15, -0.1) is 0 Å². The summed E-state index contributed by atoms with van der Waals surface area (Å²) in [6.45, 7) is 3.73. The van der Waals surface area contributed by atoms with Gasteiger partial charge in [-0.05, 0) is 32.0 Å². The molecule has 1 aliphatic rings. The van der Waals surface area contributed by atoms with Crippen LogP contribution >= 0.6 is 15.9 Å². The predicted molar refractivity (Wildman–Crippen MR) is 79.7 cm³/mol. The highest BCUT2D eigenvalue weighted by atomic mass is 79.9. The van der Waals surface area contributed by atoms with Crippen molar-refractivity contribution in [2.45, 2.75) is 35.3 Å². The molecule has 0 amide bonds. The van der Waals surface area contributed by atoms with E-state index in [1.807, 2.05) is 13.8 Å². The van der Waals surface area contributed by atoms with E-state index in [9.17, 15) is 13.5 Å². The topological polar surface area (TPSA) is 66.8 Å². The van der Waals surface area contributed by atoms with Crippen LogP contribution in [-0.2, 0) is 10.0 Å². The molecule has 0 bridgehead atoms. The average Bonchev–Trinajstić information content (AvgIpc) is 2.35. The summed E-state index contributed by atoms with van der Waals surface area (Å²) in [7, 11) is -0.588. The molecule has 1 heterocycles. The van der Waals surface area contributed by atoms with E-state index < -0.39 is 21.7 Å². The molecule has 1 N–H and O–H groups in total. The minimum atomic E-state index is -3.53. The zero-order chi connectivity index (χ0) is 15.3. The van der Waals surface area contributed by atoms with Crippen molar-refractivity contribution in [1.29, 1.82) is 0 Å². The molecule has 0 spiro atoms. The summed E-state index contributed by atoms with van der Waals surface area (Å²) in [5.74, 6) is 0.510. The monoisotopic (exact) mass is 363 g/mol. The van der Waals surface area contributed by atoms with E-state index in [0.717, 1.165) is 4.31 Å². The minimum absolute atomic E-state index is 0.142. The number of nitrogens with zero attached hydrogens (tertiary/aromatic N) is 1. The van der Waals surface area contributed by atoms with Crippen molar-refractivity contribution in [2.75, 3.05) is 14.1 Å². The molecule has 1 aliphatic heterocycles. The number of fused-ring (bicyclic) bond motifs is 1. The van der Waals surface area contributed by atoms with Gasteiger partial charge in [0.15, 0.2) is 0 Å². The standard InChI is InChI=1S/C13H18BrNO4S/c1-13(2)12(14)11(16)9-7-8(5-6-10(9)19-13)20(17,18)15(3)4/h5-7,11-12,16H,1-4H3/t11-,12+/m1/s1. The van der Waals surface area contributed by atoms with Crippen LogP contribution in [0.5, 0.6) is 5.75 Å². The SMILES string of the molecule is CN(C)S(=O)(=O)c1ccc2c(c1)[C@@H](O)[C@H](Br)C(C)(C)O2. The van der Waals surface area contributed by atoms with E-state index in [-0.39, 0.29) is 9.72 Å². The molecule has 0 saturated carbocycles. The Labute approximate surface area is 127 Å². The van der Waals surface area contributed by atoms with Crippen molar-refractivity contribution < 1.29 is 18.3 Å². The Hall–Kier alpha value is -0.630. The quantitative estimate of drug-likeness (QED) is 0.815. The summed E-state index contributed by atoms with van der Waals surface area (Å²) in [5, 5.41) is 10.4. The fourth-order valence-electron chi connectivity index (χ4n) is 2.10. The lowest BCUT2D eigenvalue weighted by molar-refractivity contribution is 0.0223. The Balaban J connectivity index is 2.54. The van der Waals surface area contributed by atoms with Crippen LogP contribution in [0.15, 0.2) is 23.1 Å². The maximum Gasteiger partial charge on any atom is 0.242 e. The second-order valence-corrected chi connectivity index (χ2v) is 8.68.